The van der Waals surface area contributed by atoms with Crippen molar-refractivity contribution in [3.8, 4) is 0 Å². The molecule has 0 aromatic heterocycles. The van der Waals surface area contributed by atoms with Crippen molar-refractivity contribution in [3.05, 3.63) is 39.4 Å². The van der Waals surface area contributed by atoms with E-state index in [4.69, 9.17) is 10.2 Å². The fraction of sp³-hybridized carbons (Fsp3) is 0.200. The average molecular weight is 239 g/mol. The van der Waals surface area contributed by atoms with Crippen LogP contribution >= 0.6 is 0 Å². The summed E-state index contributed by atoms with van der Waals surface area (Å²) in [7, 11) is 0. The van der Waals surface area contributed by atoms with Crippen LogP contribution in [0.3, 0.4) is 0 Å². The van der Waals surface area contributed by atoms with E-state index < -0.39 is 23.3 Å². The molecule has 0 radical (unpaired) electrons. The number of hydrogen-bond donors (Lipinski definition) is 2. The Bertz CT molecular complexity index is 482. The van der Waals surface area contributed by atoms with Gasteiger partial charge in [-0.15, -0.1) is 0 Å². The predicted molar refractivity (Wildman–Crippen MR) is 55.8 cm³/mol. The van der Waals surface area contributed by atoms with E-state index in [1.54, 1.807) is 0 Å². The topological polar surface area (TPSA) is 118 Å². The second kappa shape index (κ2) is 5.06. The lowest BCUT2D eigenvalue weighted by atomic mass is 10.0. The van der Waals surface area contributed by atoms with Gasteiger partial charge in [0.2, 0.25) is 0 Å². The summed E-state index contributed by atoms with van der Waals surface area (Å²) in [6, 6.07) is 3.51. The molecule has 1 aromatic rings. The van der Waals surface area contributed by atoms with Crippen molar-refractivity contribution in [2.24, 2.45) is 0 Å². The molecule has 0 saturated heterocycles. The van der Waals surface area contributed by atoms with Gasteiger partial charge in [0.15, 0.2) is 0 Å². The highest BCUT2D eigenvalue weighted by atomic mass is 16.6. The van der Waals surface area contributed by atoms with Crippen LogP contribution in [0.4, 0.5) is 5.69 Å². The van der Waals surface area contributed by atoms with E-state index in [1.807, 2.05) is 0 Å². The quantitative estimate of drug-likeness (QED) is 0.580. The normalized spacial score (nSPS) is 9.88. The molecule has 0 saturated carbocycles. The molecular weight excluding hydrogens is 230 g/mol. The molecule has 0 spiro atoms. The van der Waals surface area contributed by atoms with Gasteiger partial charge in [-0.2, -0.15) is 0 Å². The Morgan fingerprint density at radius 1 is 1.12 bits per heavy atom. The Balaban J connectivity index is 3.15. The van der Waals surface area contributed by atoms with Crippen molar-refractivity contribution >= 4 is 17.6 Å². The van der Waals surface area contributed by atoms with Gasteiger partial charge in [0.25, 0.3) is 5.69 Å². The molecular formula is C10H9NO6. The first-order chi connectivity index (χ1) is 7.90. The zero-order chi connectivity index (χ0) is 13.0. The average Bonchev–Trinajstić information content (AvgIpc) is 2.18. The summed E-state index contributed by atoms with van der Waals surface area (Å²) >= 11 is 0. The fourth-order valence-electron chi connectivity index (χ4n) is 1.39. The van der Waals surface area contributed by atoms with Crippen molar-refractivity contribution in [2.75, 3.05) is 0 Å². The summed E-state index contributed by atoms with van der Waals surface area (Å²) in [6.45, 7) is 0. The van der Waals surface area contributed by atoms with E-state index in [1.165, 1.54) is 6.07 Å². The maximum atomic E-state index is 10.6. The number of nitrogens with zero attached hydrogens (tertiary/aromatic N) is 1. The van der Waals surface area contributed by atoms with Crippen LogP contribution in [0.1, 0.15) is 11.1 Å². The second-order valence-corrected chi connectivity index (χ2v) is 3.35. The number of carbonyl (C=O) groups is 2. The fourth-order valence-corrected chi connectivity index (χ4v) is 1.39. The van der Waals surface area contributed by atoms with E-state index in [9.17, 15) is 19.7 Å². The molecule has 17 heavy (non-hydrogen) atoms. The van der Waals surface area contributed by atoms with Crippen LogP contribution in [0.15, 0.2) is 18.2 Å². The van der Waals surface area contributed by atoms with Gasteiger partial charge in [-0.05, 0) is 11.1 Å². The largest absolute Gasteiger partial charge is 0.481 e. The number of hydrogen-bond acceptors (Lipinski definition) is 4. The highest BCUT2D eigenvalue weighted by Gasteiger charge is 2.14. The summed E-state index contributed by atoms with van der Waals surface area (Å²) in [5.41, 5.74) is 0.162. The van der Waals surface area contributed by atoms with E-state index in [0.29, 0.717) is 0 Å². The van der Waals surface area contributed by atoms with Crippen LogP contribution in [0.5, 0.6) is 0 Å². The monoisotopic (exact) mass is 239 g/mol. The first-order valence-electron chi connectivity index (χ1n) is 4.60. The van der Waals surface area contributed by atoms with Gasteiger partial charge in [-0.1, -0.05) is 6.07 Å². The first kappa shape index (κ1) is 12.6. The third-order valence-corrected chi connectivity index (χ3v) is 2.08. The molecule has 1 rings (SSSR count). The molecule has 90 valence electrons. The molecule has 7 nitrogen and oxygen atoms in total. The van der Waals surface area contributed by atoms with Gasteiger partial charge in [-0.3, -0.25) is 19.7 Å². The van der Waals surface area contributed by atoms with E-state index in [0.717, 1.165) is 12.1 Å². The molecule has 0 amide bonds. The minimum absolute atomic E-state index is 0.147. The molecule has 0 aliphatic carbocycles. The van der Waals surface area contributed by atoms with Crippen LogP contribution in [-0.4, -0.2) is 27.1 Å². The molecule has 0 heterocycles. The maximum Gasteiger partial charge on any atom is 0.307 e. The molecule has 0 fully saturated rings. The molecule has 0 aliphatic heterocycles. The maximum absolute atomic E-state index is 10.6. The lowest BCUT2D eigenvalue weighted by Gasteiger charge is -2.05. The van der Waals surface area contributed by atoms with Gasteiger partial charge >= 0.3 is 11.9 Å². The van der Waals surface area contributed by atoms with Crippen molar-refractivity contribution in [1.29, 1.82) is 0 Å². The molecule has 0 atom stereocenters. The van der Waals surface area contributed by atoms with Crippen LogP contribution in [0, 0.1) is 10.1 Å². The predicted octanol–water partition coefficient (Wildman–Crippen LogP) is 0.849. The third-order valence-electron chi connectivity index (χ3n) is 2.08. The third kappa shape index (κ3) is 3.56. The standard InChI is InChI=1S/C10H9NO6/c12-9(13)4-6-1-2-8(11(16)17)3-7(6)5-10(14)15/h1-3H,4-5H2,(H,12,13)(H,14,15). The Hall–Kier alpha value is -2.44. The summed E-state index contributed by atoms with van der Waals surface area (Å²) in [5.74, 6) is -2.29. The summed E-state index contributed by atoms with van der Waals surface area (Å²) in [5, 5.41) is 27.8. The molecule has 0 unspecified atom stereocenters. The number of non-ortho nitro benzene ring substituents is 1. The van der Waals surface area contributed by atoms with Gasteiger partial charge in [-0.25, -0.2) is 0 Å². The van der Waals surface area contributed by atoms with Crippen molar-refractivity contribution < 1.29 is 24.7 Å². The zero-order valence-corrected chi connectivity index (χ0v) is 8.62. The Labute approximate surface area is 95.5 Å². The number of aliphatic carboxylic acids is 2. The lowest BCUT2D eigenvalue weighted by molar-refractivity contribution is -0.384. The number of carboxylic acids is 2. The first-order valence-corrected chi connectivity index (χ1v) is 4.60. The van der Waals surface area contributed by atoms with Gasteiger partial charge < -0.3 is 10.2 Å². The molecule has 2 N–H and O–H groups in total. The van der Waals surface area contributed by atoms with E-state index in [-0.39, 0.29) is 23.2 Å². The highest BCUT2D eigenvalue weighted by Crippen LogP contribution is 2.19. The number of nitro groups is 1. The van der Waals surface area contributed by atoms with Crippen molar-refractivity contribution in [3.63, 3.8) is 0 Å². The van der Waals surface area contributed by atoms with Gasteiger partial charge in [0.05, 0.1) is 17.8 Å². The smallest absolute Gasteiger partial charge is 0.307 e. The zero-order valence-electron chi connectivity index (χ0n) is 8.62. The number of rotatable bonds is 5. The Kier molecular flexibility index (Phi) is 3.76. The van der Waals surface area contributed by atoms with E-state index in [2.05, 4.69) is 0 Å². The van der Waals surface area contributed by atoms with Crippen LogP contribution in [0.2, 0.25) is 0 Å². The Morgan fingerprint density at radius 3 is 2.12 bits per heavy atom. The van der Waals surface area contributed by atoms with E-state index >= 15 is 0 Å². The summed E-state index contributed by atoms with van der Waals surface area (Å²) in [4.78, 5) is 31.0. The Morgan fingerprint density at radius 2 is 1.65 bits per heavy atom. The minimum Gasteiger partial charge on any atom is -0.481 e. The van der Waals surface area contributed by atoms with Crippen molar-refractivity contribution in [1.82, 2.24) is 0 Å². The number of carboxylic acid groups (broad SMARTS) is 2. The second-order valence-electron chi connectivity index (χ2n) is 3.35. The highest BCUT2D eigenvalue weighted by molar-refractivity contribution is 5.74. The molecule has 0 bridgehead atoms. The van der Waals surface area contributed by atoms with Gasteiger partial charge in [0.1, 0.15) is 0 Å². The van der Waals surface area contributed by atoms with Crippen LogP contribution in [0.25, 0.3) is 0 Å². The van der Waals surface area contributed by atoms with Crippen LogP contribution < -0.4 is 0 Å². The summed E-state index contributed by atoms with van der Waals surface area (Å²) in [6.07, 6.45) is -0.801. The number of nitro benzene ring substituents is 1. The molecule has 7 heteroatoms. The summed E-state index contributed by atoms with van der Waals surface area (Å²) < 4.78 is 0. The van der Waals surface area contributed by atoms with Gasteiger partial charge in [0, 0.05) is 12.1 Å². The SMILES string of the molecule is O=C(O)Cc1ccc([N+](=O)[O-])cc1CC(=O)O. The molecule has 1 aromatic carbocycles. The van der Waals surface area contributed by atoms with Crippen molar-refractivity contribution in [2.45, 2.75) is 12.8 Å². The lowest BCUT2D eigenvalue weighted by Crippen LogP contribution is -2.08. The molecule has 0 aliphatic rings. The van der Waals surface area contributed by atoms with Crippen LogP contribution in [-0.2, 0) is 22.4 Å². The number of benzene rings is 1. The minimum atomic E-state index is -1.17.